The lowest BCUT2D eigenvalue weighted by Crippen LogP contribution is -2.30. The lowest BCUT2D eigenvalue weighted by atomic mass is 10.1. The molecule has 1 aromatic heterocycles. The van der Waals surface area contributed by atoms with Crippen LogP contribution in [0.4, 0.5) is 0 Å². The molecule has 2 N–H and O–H groups in total. The van der Waals surface area contributed by atoms with Gasteiger partial charge in [-0.3, -0.25) is 0 Å². The molecule has 19 heavy (non-hydrogen) atoms. The molecule has 1 aliphatic rings. The Morgan fingerprint density at radius 3 is 3.16 bits per heavy atom. The molecule has 1 unspecified atom stereocenters. The Balaban J connectivity index is 1.48. The highest BCUT2D eigenvalue weighted by Crippen LogP contribution is 2.17. The van der Waals surface area contributed by atoms with E-state index in [1.807, 2.05) is 6.26 Å². The van der Waals surface area contributed by atoms with Crippen molar-refractivity contribution in [2.24, 2.45) is 0 Å². The fourth-order valence-corrected chi connectivity index (χ4v) is 2.56. The molecule has 0 radical (unpaired) electrons. The number of H-pyrrole nitrogens is 1. The summed E-state index contributed by atoms with van der Waals surface area (Å²) < 4.78 is 5.54. The summed E-state index contributed by atoms with van der Waals surface area (Å²) in [5.74, 6) is 0. The fourth-order valence-electron chi connectivity index (χ4n) is 2.56. The Morgan fingerprint density at radius 1 is 1.32 bits per heavy atom. The molecule has 3 nitrogen and oxygen atoms in total. The summed E-state index contributed by atoms with van der Waals surface area (Å²) >= 11 is 0. The first-order valence-corrected chi connectivity index (χ1v) is 6.99. The lowest BCUT2D eigenvalue weighted by Gasteiger charge is -2.19. The van der Waals surface area contributed by atoms with Gasteiger partial charge in [-0.05, 0) is 43.5 Å². The normalized spacial score (nSPS) is 18.6. The molecule has 2 aromatic rings. The van der Waals surface area contributed by atoms with Gasteiger partial charge in [-0.25, -0.2) is 0 Å². The van der Waals surface area contributed by atoms with Crippen molar-refractivity contribution in [1.29, 1.82) is 0 Å². The fraction of sp³-hybridized carbons (Fsp3) is 0.375. The molecule has 1 aliphatic heterocycles. The second kappa shape index (κ2) is 5.93. The summed E-state index contributed by atoms with van der Waals surface area (Å²) in [6.07, 6.45) is 9.68. The van der Waals surface area contributed by atoms with E-state index in [2.05, 4.69) is 46.8 Å². The second-order valence-electron chi connectivity index (χ2n) is 5.02. The van der Waals surface area contributed by atoms with Crippen LogP contribution in [-0.2, 0) is 11.2 Å². The summed E-state index contributed by atoms with van der Waals surface area (Å²) in [6.45, 7) is 1.93. The number of hydrogen-bond acceptors (Lipinski definition) is 2. The Kier molecular flexibility index (Phi) is 3.84. The Morgan fingerprint density at radius 2 is 2.26 bits per heavy atom. The van der Waals surface area contributed by atoms with E-state index in [0.717, 1.165) is 32.4 Å². The highest BCUT2D eigenvalue weighted by molar-refractivity contribution is 5.83. The van der Waals surface area contributed by atoms with Crippen molar-refractivity contribution < 1.29 is 4.74 Å². The van der Waals surface area contributed by atoms with Gasteiger partial charge in [-0.15, -0.1) is 0 Å². The van der Waals surface area contributed by atoms with E-state index in [0.29, 0.717) is 6.10 Å². The minimum atomic E-state index is 0.341. The van der Waals surface area contributed by atoms with Crippen LogP contribution in [0.5, 0.6) is 0 Å². The van der Waals surface area contributed by atoms with Gasteiger partial charge in [0, 0.05) is 23.6 Å². The number of benzene rings is 1. The van der Waals surface area contributed by atoms with Crippen LogP contribution in [-0.4, -0.2) is 24.2 Å². The maximum absolute atomic E-state index is 5.54. The summed E-state index contributed by atoms with van der Waals surface area (Å²) in [5.41, 5.74) is 2.60. The third kappa shape index (κ3) is 2.99. The molecule has 0 amide bonds. The Hall–Kier alpha value is -1.74. The van der Waals surface area contributed by atoms with E-state index in [1.165, 1.54) is 16.5 Å². The molecule has 0 saturated heterocycles. The molecule has 2 heterocycles. The molecule has 0 spiro atoms. The first kappa shape index (κ1) is 12.3. The van der Waals surface area contributed by atoms with Crippen molar-refractivity contribution in [3.63, 3.8) is 0 Å². The van der Waals surface area contributed by atoms with Gasteiger partial charge in [-0.1, -0.05) is 18.2 Å². The lowest BCUT2D eigenvalue weighted by molar-refractivity contribution is 0.123. The number of aromatic nitrogens is 1. The molecule has 0 fully saturated rings. The zero-order chi connectivity index (χ0) is 12.9. The van der Waals surface area contributed by atoms with Crippen LogP contribution in [0, 0.1) is 0 Å². The number of nitrogens with one attached hydrogen (secondary N) is 2. The van der Waals surface area contributed by atoms with Crippen molar-refractivity contribution in [3.8, 4) is 0 Å². The SMILES string of the molecule is C1=COC(CNCCc2c[nH]c3ccccc23)CC1. The highest BCUT2D eigenvalue weighted by Gasteiger charge is 2.10. The van der Waals surface area contributed by atoms with Gasteiger partial charge in [0.25, 0.3) is 0 Å². The first-order valence-electron chi connectivity index (χ1n) is 6.99. The van der Waals surface area contributed by atoms with E-state index < -0.39 is 0 Å². The quantitative estimate of drug-likeness (QED) is 0.807. The molecule has 3 heteroatoms. The van der Waals surface area contributed by atoms with Crippen LogP contribution in [0.25, 0.3) is 10.9 Å². The number of hydrogen-bond donors (Lipinski definition) is 2. The minimum absolute atomic E-state index is 0.341. The molecule has 100 valence electrons. The molecule has 1 aromatic carbocycles. The average Bonchev–Trinajstić information content (AvgIpc) is 2.88. The van der Waals surface area contributed by atoms with E-state index in [4.69, 9.17) is 4.74 Å². The zero-order valence-electron chi connectivity index (χ0n) is 11.1. The van der Waals surface area contributed by atoms with Crippen molar-refractivity contribution in [1.82, 2.24) is 10.3 Å². The number of para-hydroxylation sites is 1. The minimum Gasteiger partial charge on any atom is -0.497 e. The number of rotatable bonds is 5. The molecule has 0 bridgehead atoms. The van der Waals surface area contributed by atoms with Crippen molar-refractivity contribution in [3.05, 3.63) is 48.4 Å². The summed E-state index contributed by atoms with van der Waals surface area (Å²) in [7, 11) is 0. The standard InChI is InChI=1S/C16H20N2O/c1-2-7-16-15(6-1)13(11-18-16)8-9-17-12-14-5-3-4-10-19-14/h1-2,4,6-7,10-11,14,17-18H,3,5,8-9,12H2. The van der Waals surface area contributed by atoms with Gasteiger partial charge in [-0.2, -0.15) is 0 Å². The van der Waals surface area contributed by atoms with E-state index in [-0.39, 0.29) is 0 Å². The number of allylic oxidation sites excluding steroid dienone is 1. The Labute approximate surface area is 113 Å². The topological polar surface area (TPSA) is 37.0 Å². The van der Waals surface area contributed by atoms with E-state index >= 15 is 0 Å². The summed E-state index contributed by atoms with van der Waals surface area (Å²) in [6, 6.07) is 8.45. The molecular weight excluding hydrogens is 236 g/mol. The summed E-state index contributed by atoms with van der Waals surface area (Å²) in [5, 5.41) is 4.82. The Bertz CT molecular complexity index is 559. The monoisotopic (exact) mass is 256 g/mol. The maximum Gasteiger partial charge on any atom is 0.110 e. The number of fused-ring (bicyclic) bond motifs is 1. The van der Waals surface area contributed by atoms with Gasteiger partial charge in [0.05, 0.1) is 6.26 Å². The predicted molar refractivity (Wildman–Crippen MR) is 78.1 cm³/mol. The van der Waals surface area contributed by atoms with Gasteiger partial charge < -0.3 is 15.0 Å². The van der Waals surface area contributed by atoms with Crippen LogP contribution < -0.4 is 5.32 Å². The third-order valence-electron chi connectivity index (χ3n) is 3.64. The zero-order valence-corrected chi connectivity index (χ0v) is 11.1. The first-order chi connectivity index (χ1) is 9.43. The molecule has 1 atom stereocenters. The smallest absolute Gasteiger partial charge is 0.110 e. The summed E-state index contributed by atoms with van der Waals surface area (Å²) in [4.78, 5) is 3.32. The second-order valence-corrected chi connectivity index (χ2v) is 5.02. The van der Waals surface area contributed by atoms with Gasteiger partial charge in [0.2, 0.25) is 0 Å². The van der Waals surface area contributed by atoms with Crippen LogP contribution in [0.1, 0.15) is 18.4 Å². The van der Waals surface area contributed by atoms with Gasteiger partial charge >= 0.3 is 0 Å². The number of ether oxygens (including phenoxy) is 1. The van der Waals surface area contributed by atoms with Gasteiger partial charge in [0.15, 0.2) is 0 Å². The molecular formula is C16H20N2O. The van der Waals surface area contributed by atoms with Crippen LogP contribution in [0.3, 0.4) is 0 Å². The van der Waals surface area contributed by atoms with Crippen molar-refractivity contribution in [2.75, 3.05) is 13.1 Å². The van der Waals surface area contributed by atoms with E-state index in [9.17, 15) is 0 Å². The molecule has 0 aliphatic carbocycles. The largest absolute Gasteiger partial charge is 0.497 e. The van der Waals surface area contributed by atoms with E-state index in [1.54, 1.807) is 0 Å². The third-order valence-corrected chi connectivity index (χ3v) is 3.64. The van der Waals surface area contributed by atoms with Crippen LogP contribution in [0.15, 0.2) is 42.8 Å². The average molecular weight is 256 g/mol. The van der Waals surface area contributed by atoms with Crippen LogP contribution in [0.2, 0.25) is 0 Å². The molecule has 0 saturated carbocycles. The van der Waals surface area contributed by atoms with Crippen molar-refractivity contribution >= 4 is 10.9 Å². The number of aromatic amines is 1. The predicted octanol–water partition coefficient (Wildman–Crippen LogP) is 2.99. The highest BCUT2D eigenvalue weighted by atomic mass is 16.5. The maximum atomic E-state index is 5.54. The van der Waals surface area contributed by atoms with Crippen LogP contribution >= 0.6 is 0 Å². The van der Waals surface area contributed by atoms with Gasteiger partial charge in [0.1, 0.15) is 6.10 Å². The molecule has 3 rings (SSSR count). The van der Waals surface area contributed by atoms with Crippen molar-refractivity contribution in [2.45, 2.75) is 25.4 Å².